The monoisotopic (exact) mass is 143 g/mol. The van der Waals surface area contributed by atoms with E-state index in [0.29, 0.717) is 6.61 Å². The minimum Gasteiger partial charge on any atom is -0.400 e. The van der Waals surface area contributed by atoms with Crippen molar-refractivity contribution in [3.8, 4) is 0 Å². The van der Waals surface area contributed by atoms with Crippen molar-refractivity contribution in [1.82, 2.24) is 0 Å². The van der Waals surface area contributed by atoms with Gasteiger partial charge < -0.3 is 15.2 Å². The molecule has 1 aliphatic heterocycles. The lowest BCUT2D eigenvalue weighted by molar-refractivity contribution is 0.0593. The summed E-state index contributed by atoms with van der Waals surface area (Å²) in [5, 5.41) is 0. The molecule has 0 radical (unpaired) electrons. The van der Waals surface area contributed by atoms with Crippen LogP contribution in [0.3, 0.4) is 0 Å². The first-order valence-corrected chi connectivity index (χ1v) is 3.48. The van der Waals surface area contributed by atoms with Crippen molar-refractivity contribution in [2.24, 2.45) is 5.73 Å². The van der Waals surface area contributed by atoms with Gasteiger partial charge in [0.15, 0.2) is 12.4 Å². The van der Waals surface area contributed by atoms with Crippen LogP contribution < -0.4 is 5.73 Å². The van der Waals surface area contributed by atoms with Gasteiger partial charge in [0.05, 0.1) is 0 Å². The number of rotatable bonds is 3. The van der Waals surface area contributed by atoms with Crippen molar-refractivity contribution in [2.75, 3.05) is 6.61 Å². The summed E-state index contributed by atoms with van der Waals surface area (Å²) in [5.41, 5.74) is 6.32. The normalized spacial score (nSPS) is 32.4. The number of hydrogen-bond acceptors (Lipinski definition) is 3. The summed E-state index contributed by atoms with van der Waals surface area (Å²) < 4.78 is 10.2. The summed E-state index contributed by atoms with van der Waals surface area (Å²) in [4.78, 5) is 0. The summed E-state index contributed by atoms with van der Waals surface area (Å²) in [6.07, 6.45) is 1.77. The third kappa shape index (κ3) is 1.49. The lowest BCUT2D eigenvalue weighted by Gasteiger charge is -1.93. The molecule has 1 fully saturated rings. The maximum atomic E-state index is 5.56. The molecule has 0 aromatic carbocycles. The van der Waals surface area contributed by atoms with Gasteiger partial charge in [0.1, 0.15) is 0 Å². The van der Waals surface area contributed by atoms with Gasteiger partial charge in [0.25, 0.3) is 0 Å². The van der Waals surface area contributed by atoms with Crippen LogP contribution in [0.25, 0.3) is 0 Å². The SMILES string of the molecule is C/C=C(\N)C1OC1OCC. The van der Waals surface area contributed by atoms with Crippen LogP contribution in [0.5, 0.6) is 0 Å². The molecular formula is C7H13NO2. The summed E-state index contributed by atoms with van der Waals surface area (Å²) in [5.74, 6) is 0. The number of allylic oxidation sites excluding steroid dienone is 1. The molecule has 2 N–H and O–H groups in total. The van der Waals surface area contributed by atoms with Crippen LogP contribution in [0, 0.1) is 0 Å². The highest BCUT2D eigenvalue weighted by atomic mass is 16.8. The molecule has 1 heterocycles. The average Bonchev–Trinajstić information content (AvgIpc) is 2.67. The van der Waals surface area contributed by atoms with Crippen molar-refractivity contribution >= 4 is 0 Å². The Hall–Kier alpha value is -0.540. The van der Waals surface area contributed by atoms with Crippen molar-refractivity contribution in [3.63, 3.8) is 0 Å². The quantitative estimate of drug-likeness (QED) is 0.589. The Morgan fingerprint density at radius 2 is 2.50 bits per heavy atom. The van der Waals surface area contributed by atoms with E-state index in [4.69, 9.17) is 15.2 Å². The highest BCUT2D eigenvalue weighted by Gasteiger charge is 2.41. The molecule has 58 valence electrons. The zero-order valence-electron chi connectivity index (χ0n) is 6.33. The van der Waals surface area contributed by atoms with Crippen LogP contribution in [0.4, 0.5) is 0 Å². The molecule has 0 bridgehead atoms. The van der Waals surface area contributed by atoms with Gasteiger partial charge >= 0.3 is 0 Å². The van der Waals surface area contributed by atoms with Gasteiger partial charge in [-0.3, -0.25) is 0 Å². The first kappa shape index (κ1) is 7.57. The average molecular weight is 143 g/mol. The zero-order chi connectivity index (χ0) is 7.56. The van der Waals surface area contributed by atoms with Gasteiger partial charge in [-0.15, -0.1) is 0 Å². The highest BCUT2D eigenvalue weighted by Crippen LogP contribution is 2.27. The summed E-state index contributed by atoms with van der Waals surface area (Å²) >= 11 is 0. The second-order valence-corrected chi connectivity index (χ2v) is 2.17. The molecule has 0 aromatic heterocycles. The molecule has 0 spiro atoms. The van der Waals surface area contributed by atoms with Crippen molar-refractivity contribution in [2.45, 2.75) is 26.2 Å². The first-order valence-electron chi connectivity index (χ1n) is 3.48. The molecule has 0 saturated carbocycles. The van der Waals surface area contributed by atoms with Gasteiger partial charge in [-0.05, 0) is 13.8 Å². The second kappa shape index (κ2) is 3.03. The molecule has 1 aliphatic rings. The Balaban J connectivity index is 2.25. The third-order valence-electron chi connectivity index (χ3n) is 1.44. The molecule has 2 unspecified atom stereocenters. The van der Waals surface area contributed by atoms with E-state index in [2.05, 4.69) is 0 Å². The number of epoxide rings is 1. The molecule has 0 aliphatic carbocycles. The van der Waals surface area contributed by atoms with Gasteiger partial charge in [-0.25, -0.2) is 0 Å². The predicted molar refractivity (Wildman–Crippen MR) is 38.2 cm³/mol. The molecule has 10 heavy (non-hydrogen) atoms. The fraction of sp³-hybridized carbons (Fsp3) is 0.714. The van der Waals surface area contributed by atoms with Gasteiger partial charge in [-0.2, -0.15) is 0 Å². The third-order valence-corrected chi connectivity index (χ3v) is 1.44. The van der Waals surface area contributed by atoms with Crippen LogP contribution in [-0.4, -0.2) is 19.0 Å². The fourth-order valence-corrected chi connectivity index (χ4v) is 0.790. The summed E-state index contributed by atoms with van der Waals surface area (Å²) in [6, 6.07) is 0. The Labute approximate surface area is 60.8 Å². The molecule has 3 heteroatoms. The fourth-order valence-electron chi connectivity index (χ4n) is 0.790. The molecule has 1 saturated heterocycles. The molecular weight excluding hydrogens is 130 g/mol. The topological polar surface area (TPSA) is 47.8 Å². The molecule has 3 nitrogen and oxygen atoms in total. The van der Waals surface area contributed by atoms with E-state index in [1.54, 1.807) is 0 Å². The second-order valence-electron chi connectivity index (χ2n) is 2.17. The van der Waals surface area contributed by atoms with Crippen LogP contribution >= 0.6 is 0 Å². The Morgan fingerprint density at radius 3 is 3.00 bits per heavy atom. The van der Waals surface area contributed by atoms with Gasteiger partial charge in [0, 0.05) is 12.3 Å². The van der Waals surface area contributed by atoms with Crippen molar-refractivity contribution in [3.05, 3.63) is 11.8 Å². The highest BCUT2D eigenvalue weighted by molar-refractivity contribution is 5.09. The summed E-state index contributed by atoms with van der Waals surface area (Å²) in [6.45, 7) is 4.50. The van der Waals surface area contributed by atoms with E-state index in [-0.39, 0.29) is 12.4 Å². The molecule has 1 rings (SSSR count). The van der Waals surface area contributed by atoms with Crippen molar-refractivity contribution in [1.29, 1.82) is 0 Å². The van der Waals surface area contributed by atoms with Crippen LogP contribution in [0.1, 0.15) is 13.8 Å². The van der Waals surface area contributed by atoms with E-state index >= 15 is 0 Å². The minimum atomic E-state index is -0.0822. The number of nitrogens with two attached hydrogens (primary N) is 1. The standard InChI is InChI=1S/C7H13NO2/c1-3-5(8)6-7(10-6)9-4-2/h3,6-7H,4,8H2,1-2H3/b5-3-. The summed E-state index contributed by atoms with van der Waals surface area (Å²) in [7, 11) is 0. The maximum absolute atomic E-state index is 5.56. The van der Waals surface area contributed by atoms with E-state index in [1.165, 1.54) is 0 Å². The number of ether oxygens (including phenoxy) is 2. The number of hydrogen-bond donors (Lipinski definition) is 1. The Bertz CT molecular complexity index is 145. The lowest BCUT2D eigenvalue weighted by Crippen LogP contribution is -2.08. The van der Waals surface area contributed by atoms with Crippen LogP contribution in [0.15, 0.2) is 11.8 Å². The van der Waals surface area contributed by atoms with E-state index in [0.717, 1.165) is 5.70 Å². The molecule has 0 aromatic rings. The van der Waals surface area contributed by atoms with E-state index < -0.39 is 0 Å². The van der Waals surface area contributed by atoms with Crippen molar-refractivity contribution < 1.29 is 9.47 Å². The smallest absolute Gasteiger partial charge is 0.190 e. The molecule has 0 amide bonds. The Morgan fingerprint density at radius 1 is 1.80 bits per heavy atom. The maximum Gasteiger partial charge on any atom is 0.190 e. The lowest BCUT2D eigenvalue weighted by atomic mass is 10.3. The van der Waals surface area contributed by atoms with E-state index in [1.807, 2.05) is 19.9 Å². The van der Waals surface area contributed by atoms with Crippen LogP contribution in [-0.2, 0) is 9.47 Å². The van der Waals surface area contributed by atoms with Gasteiger partial charge in [0.2, 0.25) is 0 Å². The Kier molecular flexibility index (Phi) is 2.29. The molecule has 2 atom stereocenters. The van der Waals surface area contributed by atoms with Gasteiger partial charge in [-0.1, -0.05) is 6.08 Å². The first-order chi connectivity index (χ1) is 4.79. The predicted octanol–water partition coefficient (Wildman–Crippen LogP) is 0.610. The largest absolute Gasteiger partial charge is 0.400 e. The zero-order valence-corrected chi connectivity index (χ0v) is 6.33. The van der Waals surface area contributed by atoms with E-state index in [9.17, 15) is 0 Å². The van der Waals surface area contributed by atoms with Crippen LogP contribution in [0.2, 0.25) is 0 Å². The minimum absolute atomic E-state index is 0.0185.